The number of benzene rings is 1. The summed E-state index contributed by atoms with van der Waals surface area (Å²) in [4.78, 5) is 0. The van der Waals surface area contributed by atoms with Crippen LogP contribution in [-0.4, -0.2) is 5.60 Å². The van der Waals surface area contributed by atoms with Gasteiger partial charge in [0.15, 0.2) is 0 Å². The minimum atomic E-state index is -0.249. The Hall–Kier alpha value is -1.01. The Morgan fingerprint density at radius 1 is 1.53 bits per heavy atom. The molecule has 0 bridgehead atoms. The van der Waals surface area contributed by atoms with Crippen LogP contribution in [0.5, 0.6) is 5.75 Å². The molecule has 2 nitrogen and oxygen atoms in total. The van der Waals surface area contributed by atoms with Gasteiger partial charge in [0, 0.05) is 16.5 Å². The molecule has 1 unspecified atom stereocenters. The lowest BCUT2D eigenvalue weighted by Gasteiger charge is -2.35. The zero-order chi connectivity index (χ0) is 11.1. The molecule has 0 amide bonds. The van der Waals surface area contributed by atoms with E-state index in [9.17, 15) is 0 Å². The maximum Gasteiger partial charge on any atom is 0.124 e. The molecule has 1 heterocycles. The predicted molar refractivity (Wildman–Crippen MR) is 61.8 cm³/mol. The zero-order valence-electron chi connectivity index (χ0n) is 8.75. The molecule has 1 aliphatic heterocycles. The highest BCUT2D eigenvalue weighted by Crippen LogP contribution is 2.41. The van der Waals surface area contributed by atoms with Crippen molar-refractivity contribution in [1.29, 1.82) is 5.26 Å². The molecule has 15 heavy (non-hydrogen) atoms. The first-order valence-corrected chi connectivity index (χ1v) is 5.69. The lowest BCUT2D eigenvalue weighted by Crippen LogP contribution is -2.34. The van der Waals surface area contributed by atoms with Gasteiger partial charge in [-0.2, -0.15) is 5.26 Å². The second-order valence-corrected chi connectivity index (χ2v) is 5.35. The number of rotatable bonds is 0. The predicted octanol–water partition coefficient (Wildman–Crippen LogP) is 3.62. The first-order chi connectivity index (χ1) is 7.02. The molecule has 0 radical (unpaired) electrons. The first-order valence-electron chi connectivity index (χ1n) is 4.90. The van der Waals surface area contributed by atoms with E-state index in [0.29, 0.717) is 0 Å². The van der Waals surface area contributed by atoms with Crippen LogP contribution >= 0.6 is 15.9 Å². The summed E-state index contributed by atoms with van der Waals surface area (Å²) in [5, 5.41) is 9.14. The van der Waals surface area contributed by atoms with Gasteiger partial charge in [-0.05, 0) is 32.0 Å². The summed E-state index contributed by atoms with van der Waals surface area (Å²) in [5.41, 5.74) is 0.743. The quantitative estimate of drug-likeness (QED) is 0.718. The molecular formula is C12H12BrNO. The molecule has 0 aliphatic carbocycles. The molecule has 78 valence electrons. The largest absolute Gasteiger partial charge is 0.487 e. The summed E-state index contributed by atoms with van der Waals surface area (Å²) in [7, 11) is 0. The molecule has 3 heteroatoms. The van der Waals surface area contributed by atoms with Gasteiger partial charge in [-0.1, -0.05) is 15.9 Å². The minimum Gasteiger partial charge on any atom is -0.487 e. The number of halogens is 1. The van der Waals surface area contributed by atoms with Crippen LogP contribution in [0.2, 0.25) is 0 Å². The zero-order valence-corrected chi connectivity index (χ0v) is 10.3. The summed E-state index contributed by atoms with van der Waals surface area (Å²) < 4.78 is 6.82. The van der Waals surface area contributed by atoms with Crippen LogP contribution in [0, 0.1) is 11.3 Å². The van der Waals surface area contributed by atoms with Crippen LogP contribution in [0.15, 0.2) is 22.7 Å². The Morgan fingerprint density at radius 3 is 2.93 bits per heavy atom. The van der Waals surface area contributed by atoms with Gasteiger partial charge in [0.1, 0.15) is 11.4 Å². The van der Waals surface area contributed by atoms with Crippen LogP contribution in [0.1, 0.15) is 31.7 Å². The lowest BCUT2D eigenvalue weighted by atomic mass is 9.85. The molecule has 0 saturated heterocycles. The van der Waals surface area contributed by atoms with E-state index in [0.717, 1.165) is 22.2 Å². The molecule has 0 aromatic heterocycles. The summed E-state index contributed by atoms with van der Waals surface area (Å²) in [5.74, 6) is 0.766. The number of nitrogens with zero attached hydrogens (tertiary/aromatic N) is 1. The van der Waals surface area contributed by atoms with E-state index < -0.39 is 0 Å². The van der Waals surface area contributed by atoms with Gasteiger partial charge in [-0.25, -0.2) is 0 Å². The van der Waals surface area contributed by atoms with Gasteiger partial charge in [-0.15, -0.1) is 0 Å². The van der Waals surface area contributed by atoms with Crippen molar-refractivity contribution in [3.05, 3.63) is 28.2 Å². The Bertz CT molecular complexity index is 434. The van der Waals surface area contributed by atoms with Crippen molar-refractivity contribution in [1.82, 2.24) is 0 Å². The molecule has 2 rings (SSSR count). The Morgan fingerprint density at radius 2 is 2.27 bits per heavy atom. The van der Waals surface area contributed by atoms with Crippen molar-refractivity contribution in [3.8, 4) is 11.8 Å². The topological polar surface area (TPSA) is 33.0 Å². The van der Waals surface area contributed by atoms with E-state index in [2.05, 4.69) is 22.0 Å². The fourth-order valence-corrected chi connectivity index (χ4v) is 2.32. The molecule has 1 atom stereocenters. The van der Waals surface area contributed by atoms with E-state index in [-0.39, 0.29) is 11.5 Å². The molecule has 0 N–H and O–H groups in total. The molecule has 1 aromatic rings. The normalized spacial score (nSPS) is 22.4. The number of ether oxygens (including phenoxy) is 1. The van der Waals surface area contributed by atoms with Crippen molar-refractivity contribution in [2.75, 3.05) is 0 Å². The second kappa shape index (κ2) is 3.53. The van der Waals surface area contributed by atoms with Gasteiger partial charge in [0.25, 0.3) is 0 Å². The van der Waals surface area contributed by atoms with Crippen LogP contribution < -0.4 is 4.74 Å². The molecule has 0 spiro atoms. The number of hydrogen-bond acceptors (Lipinski definition) is 2. The number of fused-ring (bicyclic) bond motifs is 1. The fourth-order valence-electron chi connectivity index (χ4n) is 1.94. The highest BCUT2D eigenvalue weighted by atomic mass is 79.9. The average molecular weight is 266 g/mol. The Kier molecular flexibility index (Phi) is 2.47. The monoisotopic (exact) mass is 265 g/mol. The molecule has 1 aromatic carbocycles. The molecule has 0 fully saturated rings. The summed E-state index contributed by atoms with van der Waals surface area (Å²) in [6, 6.07) is 8.17. The Balaban J connectivity index is 2.50. The number of nitriles is 1. The van der Waals surface area contributed by atoms with E-state index in [4.69, 9.17) is 10.00 Å². The molecule has 0 saturated carbocycles. The summed E-state index contributed by atoms with van der Waals surface area (Å²) >= 11 is 3.41. The second-order valence-electron chi connectivity index (χ2n) is 4.43. The van der Waals surface area contributed by atoms with Crippen molar-refractivity contribution >= 4 is 15.9 Å². The fraction of sp³-hybridized carbons (Fsp3) is 0.417. The smallest absolute Gasteiger partial charge is 0.124 e. The number of hydrogen-bond donors (Lipinski definition) is 0. The van der Waals surface area contributed by atoms with Crippen molar-refractivity contribution in [3.63, 3.8) is 0 Å². The van der Waals surface area contributed by atoms with E-state index in [1.54, 1.807) is 0 Å². The SMILES string of the molecule is CC1(C)CC(C#N)c2cc(Br)ccc2O1. The minimum absolute atomic E-state index is 0.0683. The maximum absolute atomic E-state index is 9.14. The lowest BCUT2D eigenvalue weighted by molar-refractivity contribution is 0.0793. The van der Waals surface area contributed by atoms with Crippen molar-refractivity contribution < 1.29 is 4.74 Å². The van der Waals surface area contributed by atoms with Gasteiger partial charge in [0.05, 0.1) is 12.0 Å². The van der Waals surface area contributed by atoms with E-state index in [1.807, 2.05) is 32.0 Å². The third-order valence-electron chi connectivity index (χ3n) is 2.59. The highest BCUT2D eigenvalue weighted by molar-refractivity contribution is 9.10. The molecule has 1 aliphatic rings. The Labute approximate surface area is 98.0 Å². The average Bonchev–Trinajstić information content (AvgIpc) is 2.16. The van der Waals surface area contributed by atoms with Gasteiger partial charge < -0.3 is 4.74 Å². The van der Waals surface area contributed by atoms with Crippen LogP contribution in [0.25, 0.3) is 0 Å². The standard InChI is InChI=1S/C12H12BrNO/c1-12(2)6-8(7-14)10-5-9(13)3-4-11(10)15-12/h3-5,8H,6H2,1-2H3. The van der Waals surface area contributed by atoms with Gasteiger partial charge in [-0.3, -0.25) is 0 Å². The van der Waals surface area contributed by atoms with Crippen LogP contribution in [-0.2, 0) is 0 Å². The van der Waals surface area contributed by atoms with Gasteiger partial charge >= 0.3 is 0 Å². The summed E-state index contributed by atoms with van der Waals surface area (Å²) in [6.45, 7) is 4.03. The van der Waals surface area contributed by atoms with Gasteiger partial charge in [0.2, 0.25) is 0 Å². The summed E-state index contributed by atoms with van der Waals surface area (Å²) in [6.07, 6.45) is 0.743. The third kappa shape index (κ3) is 2.00. The van der Waals surface area contributed by atoms with Crippen LogP contribution in [0.4, 0.5) is 0 Å². The van der Waals surface area contributed by atoms with Crippen LogP contribution in [0.3, 0.4) is 0 Å². The third-order valence-corrected chi connectivity index (χ3v) is 3.08. The van der Waals surface area contributed by atoms with Crippen molar-refractivity contribution in [2.24, 2.45) is 0 Å². The first kappa shape index (κ1) is 10.5. The van der Waals surface area contributed by atoms with Crippen molar-refractivity contribution in [2.45, 2.75) is 31.8 Å². The molecular weight excluding hydrogens is 254 g/mol. The maximum atomic E-state index is 9.14. The van der Waals surface area contributed by atoms with E-state index >= 15 is 0 Å². The highest BCUT2D eigenvalue weighted by Gasteiger charge is 2.33. The van der Waals surface area contributed by atoms with E-state index in [1.165, 1.54) is 0 Å².